The first-order valence-corrected chi connectivity index (χ1v) is 12.4. The molecule has 0 aliphatic heterocycles. The van der Waals surface area contributed by atoms with Crippen molar-refractivity contribution < 1.29 is 0 Å². The van der Waals surface area contributed by atoms with Crippen LogP contribution >= 0.6 is 0 Å². The van der Waals surface area contributed by atoms with E-state index in [4.69, 9.17) is 4.98 Å². The minimum atomic E-state index is 0.733. The van der Waals surface area contributed by atoms with Gasteiger partial charge in [-0.15, -0.1) is 0 Å². The molecule has 34 heavy (non-hydrogen) atoms. The van der Waals surface area contributed by atoms with E-state index in [1.165, 1.54) is 12.8 Å². The lowest BCUT2D eigenvalue weighted by Gasteiger charge is -2.15. The lowest BCUT2D eigenvalue weighted by atomic mass is 10.0. The van der Waals surface area contributed by atoms with Crippen molar-refractivity contribution in [3.8, 4) is 11.3 Å². The molecule has 4 nitrogen and oxygen atoms in total. The molecule has 1 fully saturated rings. The Morgan fingerprint density at radius 2 is 1.82 bits per heavy atom. The molecule has 4 heteroatoms. The summed E-state index contributed by atoms with van der Waals surface area (Å²) >= 11 is 0. The fraction of sp³-hybridized carbons (Fsp3) is 0.400. The van der Waals surface area contributed by atoms with E-state index in [0.29, 0.717) is 0 Å². The number of hydrogen-bond donors (Lipinski definition) is 1. The molecule has 1 unspecified atom stereocenters. The number of hydrogen-bond acceptors (Lipinski definition) is 4. The van der Waals surface area contributed by atoms with Gasteiger partial charge >= 0.3 is 0 Å². The lowest BCUT2D eigenvalue weighted by molar-refractivity contribution is 0.566. The number of nitrogens with one attached hydrogen (secondary N) is 1. The van der Waals surface area contributed by atoms with Crippen molar-refractivity contribution in [1.29, 1.82) is 0 Å². The summed E-state index contributed by atoms with van der Waals surface area (Å²) in [5, 5.41) is 3.71. The molecule has 1 aromatic carbocycles. The fourth-order valence-electron chi connectivity index (χ4n) is 5.06. The first kappa shape index (κ1) is 25.5. The van der Waals surface area contributed by atoms with Crippen molar-refractivity contribution in [2.45, 2.75) is 33.6 Å². The molecule has 0 saturated heterocycles. The Bertz CT molecular complexity index is 1070. The third-order valence-corrected chi connectivity index (χ3v) is 6.85. The number of rotatable bonds is 11. The second kappa shape index (κ2) is 11.8. The number of anilines is 1. The van der Waals surface area contributed by atoms with Gasteiger partial charge in [-0.05, 0) is 59.6 Å². The highest BCUT2D eigenvalue weighted by Crippen LogP contribution is 2.50. The SMILES string of the molecule is C=C/C(=C\N(C)C)c1cccc(-c2ccc(C(/C=N\C)=C/C)c(NC[C@@H]3C(CC)[C@@H]3CC)n2)c1. The number of nitrogens with zero attached hydrogens (tertiary/aromatic N) is 3. The van der Waals surface area contributed by atoms with Crippen LogP contribution in [0.3, 0.4) is 0 Å². The van der Waals surface area contributed by atoms with Crippen molar-refractivity contribution in [2.24, 2.45) is 22.7 Å². The second-order valence-corrected chi connectivity index (χ2v) is 9.25. The molecule has 1 heterocycles. The van der Waals surface area contributed by atoms with E-state index in [2.05, 4.69) is 79.4 Å². The molecule has 0 amide bonds. The van der Waals surface area contributed by atoms with Crippen LogP contribution in [0, 0.1) is 17.8 Å². The van der Waals surface area contributed by atoms with E-state index in [-0.39, 0.29) is 0 Å². The van der Waals surface area contributed by atoms with Crippen LogP contribution in [0.4, 0.5) is 5.82 Å². The highest BCUT2D eigenvalue weighted by molar-refractivity contribution is 6.11. The van der Waals surface area contributed by atoms with Crippen LogP contribution < -0.4 is 5.32 Å². The minimum absolute atomic E-state index is 0.733. The van der Waals surface area contributed by atoms with Gasteiger partial charge in [-0.25, -0.2) is 4.98 Å². The number of aromatic nitrogens is 1. The Labute approximate surface area is 206 Å². The van der Waals surface area contributed by atoms with Gasteiger partial charge in [0.25, 0.3) is 0 Å². The van der Waals surface area contributed by atoms with Crippen LogP contribution in [0.15, 0.2) is 66.3 Å². The molecular weight excluding hydrogens is 416 g/mol. The summed E-state index contributed by atoms with van der Waals surface area (Å²) in [6.07, 6.45) is 10.5. The predicted molar refractivity (Wildman–Crippen MR) is 149 cm³/mol. The van der Waals surface area contributed by atoms with Crippen LogP contribution in [-0.2, 0) is 0 Å². The summed E-state index contributed by atoms with van der Waals surface area (Å²) in [4.78, 5) is 11.4. The monoisotopic (exact) mass is 456 g/mol. The van der Waals surface area contributed by atoms with Crippen molar-refractivity contribution in [3.63, 3.8) is 0 Å². The molecule has 0 bridgehead atoms. The third-order valence-electron chi connectivity index (χ3n) is 6.85. The number of aliphatic imine (C=N–C) groups is 1. The number of allylic oxidation sites excluding steroid dienone is 4. The molecule has 1 aromatic heterocycles. The normalized spacial score (nSPS) is 20.5. The largest absolute Gasteiger partial charge is 0.383 e. The Morgan fingerprint density at radius 3 is 2.41 bits per heavy atom. The highest BCUT2D eigenvalue weighted by Gasteiger charge is 2.46. The third kappa shape index (κ3) is 5.85. The van der Waals surface area contributed by atoms with Gasteiger partial charge in [0.1, 0.15) is 5.82 Å². The first-order chi connectivity index (χ1) is 16.5. The van der Waals surface area contributed by atoms with Crippen LogP contribution in [-0.4, -0.2) is 43.8 Å². The van der Waals surface area contributed by atoms with Gasteiger partial charge in [-0.1, -0.05) is 63.6 Å². The Kier molecular flexibility index (Phi) is 8.86. The van der Waals surface area contributed by atoms with Gasteiger partial charge < -0.3 is 10.2 Å². The maximum Gasteiger partial charge on any atom is 0.134 e. The second-order valence-electron chi connectivity index (χ2n) is 9.25. The average Bonchev–Trinajstić information content (AvgIpc) is 3.56. The quantitative estimate of drug-likeness (QED) is 0.291. The first-order valence-electron chi connectivity index (χ1n) is 12.4. The van der Waals surface area contributed by atoms with E-state index in [0.717, 1.165) is 63.6 Å². The van der Waals surface area contributed by atoms with Crippen LogP contribution in [0.25, 0.3) is 22.4 Å². The minimum Gasteiger partial charge on any atom is -0.383 e. The smallest absolute Gasteiger partial charge is 0.134 e. The molecule has 3 rings (SSSR count). The fourth-order valence-corrected chi connectivity index (χ4v) is 5.06. The molecule has 1 aliphatic rings. The van der Waals surface area contributed by atoms with Crippen molar-refractivity contribution in [3.05, 3.63) is 72.5 Å². The molecule has 180 valence electrons. The molecule has 2 aromatic rings. The summed E-state index contributed by atoms with van der Waals surface area (Å²) in [7, 11) is 5.86. The summed E-state index contributed by atoms with van der Waals surface area (Å²) < 4.78 is 0. The van der Waals surface area contributed by atoms with Crippen LogP contribution in [0.5, 0.6) is 0 Å². The summed E-state index contributed by atoms with van der Waals surface area (Å²) in [5.41, 5.74) is 6.43. The van der Waals surface area contributed by atoms with E-state index in [9.17, 15) is 0 Å². The summed E-state index contributed by atoms with van der Waals surface area (Å²) in [5.74, 6) is 3.33. The zero-order valence-corrected chi connectivity index (χ0v) is 21.7. The van der Waals surface area contributed by atoms with E-state index >= 15 is 0 Å². The predicted octanol–water partition coefficient (Wildman–Crippen LogP) is 7.04. The van der Waals surface area contributed by atoms with Crippen LogP contribution in [0.2, 0.25) is 0 Å². The van der Waals surface area contributed by atoms with Gasteiger partial charge in [0.05, 0.1) is 5.69 Å². The van der Waals surface area contributed by atoms with Gasteiger partial charge in [-0.2, -0.15) is 0 Å². The Balaban J connectivity index is 1.97. The molecule has 3 atom stereocenters. The van der Waals surface area contributed by atoms with E-state index < -0.39 is 0 Å². The molecule has 1 saturated carbocycles. The van der Waals surface area contributed by atoms with E-state index in [1.807, 2.05) is 45.3 Å². The Morgan fingerprint density at radius 1 is 1.09 bits per heavy atom. The maximum absolute atomic E-state index is 5.11. The van der Waals surface area contributed by atoms with E-state index in [1.54, 1.807) is 0 Å². The Hall–Kier alpha value is -3.14. The standard InChI is InChI=1S/C30H40N4/c1-8-21(18-31-5)27-15-16-29(33-30(27)32-19-28-25(10-3)26(28)11-4)24-14-12-13-23(17-24)22(9-2)20-34(6)7/h8-9,12-18,20,25-26,28H,2,10-11,19H2,1,3-7H3,(H,32,33)/b21-8+,22-20+,31-18-/t25-,26?,28-/m0/s1. The zero-order valence-electron chi connectivity index (χ0n) is 21.7. The lowest BCUT2D eigenvalue weighted by Crippen LogP contribution is -2.10. The average molecular weight is 457 g/mol. The number of benzene rings is 1. The van der Waals surface area contributed by atoms with Crippen molar-refractivity contribution in [2.75, 3.05) is 33.0 Å². The van der Waals surface area contributed by atoms with Crippen molar-refractivity contribution >= 4 is 23.2 Å². The number of pyridine rings is 1. The molecule has 1 aliphatic carbocycles. The van der Waals surface area contributed by atoms with Gasteiger partial charge in [0.15, 0.2) is 0 Å². The van der Waals surface area contributed by atoms with Gasteiger partial charge in [0.2, 0.25) is 0 Å². The van der Waals surface area contributed by atoms with Crippen molar-refractivity contribution in [1.82, 2.24) is 9.88 Å². The zero-order chi connectivity index (χ0) is 24.7. The van der Waals surface area contributed by atoms with Gasteiger partial charge in [-0.3, -0.25) is 4.99 Å². The molecule has 0 radical (unpaired) electrons. The topological polar surface area (TPSA) is 40.5 Å². The highest BCUT2D eigenvalue weighted by atomic mass is 15.0. The maximum atomic E-state index is 5.11. The summed E-state index contributed by atoms with van der Waals surface area (Å²) in [6.45, 7) is 11.6. The van der Waals surface area contributed by atoms with Gasteiger partial charge in [0, 0.05) is 51.2 Å². The molecular formula is C30H40N4. The summed E-state index contributed by atoms with van der Waals surface area (Å²) in [6, 6.07) is 12.8. The molecule has 0 spiro atoms. The molecule has 1 N–H and O–H groups in total. The van der Waals surface area contributed by atoms with Crippen LogP contribution in [0.1, 0.15) is 44.7 Å².